The first-order valence-corrected chi connectivity index (χ1v) is 5.47. The molecule has 0 aliphatic carbocycles. The highest BCUT2D eigenvalue weighted by molar-refractivity contribution is 5.58. The Morgan fingerprint density at radius 1 is 1.38 bits per heavy atom. The van der Waals surface area contributed by atoms with Gasteiger partial charge in [-0.2, -0.15) is 0 Å². The largest absolute Gasteiger partial charge is 0.330 e. The number of aryl methyl sites for hydroxylation is 2. The van der Waals surface area contributed by atoms with E-state index in [2.05, 4.69) is 29.4 Å². The van der Waals surface area contributed by atoms with Crippen molar-refractivity contribution in [1.29, 1.82) is 0 Å². The summed E-state index contributed by atoms with van der Waals surface area (Å²) < 4.78 is 1.84. The van der Waals surface area contributed by atoms with E-state index in [9.17, 15) is 0 Å². The van der Waals surface area contributed by atoms with E-state index in [4.69, 9.17) is 5.73 Å². The fourth-order valence-electron chi connectivity index (χ4n) is 1.60. The standard InChI is InChI=1S/C12H16N4/c1-10-4-2-5-11(8-10)12-9-16(15-14-12)7-3-6-13/h2,4-5,8-9H,3,6-7,13H2,1H3. The lowest BCUT2D eigenvalue weighted by Crippen LogP contribution is -2.06. The minimum Gasteiger partial charge on any atom is -0.330 e. The summed E-state index contributed by atoms with van der Waals surface area (Å²) in [4.78, 5) is 0. The Morgan fingerprint density at radius 3 is 3.00 bits per heavy atom. The van der Waals surface area contributed by atoms with Crippen LogP contribution in [0.1, 0.15) is 12.0 Å². The van der Waals surface area contributed by atoms with Crippen molar-refractivity contribution in [2.45, 2.75) is 19.9 Å². The van der Waals surface area contributed by atoms with Gasteiger partial charge in [-0.25, -0.2) is 0 Å². The summed E-state index contributed by atoms with van der Waals surface area (Å²) in [6.45, 7) is 3.58. The molecule has 0 bridgehead atoms. The zero-order chi connectivity index (χ0) is 11.4. The van der Waals surface area contributed by atoms with Gasteiger partial charge in [-0.15, -0.1) is 5.10 Å². The molecule has 0 aliphatic heterocycles. The van der Waals surface area contributed by atoms with Crippen molar-refractivity contribution in [1.82, 2.24) is 15.0 Å². The molecule has 4 heteroatoms. The molecule has 0 saturated carbocycles. The molecule has 84 valence electrons. The zero-order valence-electron chi connectivity index (χ0n) is 9.43. The van der Waals surface area contributed by atoms with E-state index in [1.807, 2.05) is 23.0 Å². The van der Waals surface area contributed by atoms with Crippen LogP contribution < -0.4 is 5.73 Å². The number of benzene rings is 1. The highest BCUT2D eigenvalue weighted by Crippen LogP contribution is 2.16. The van der Waals surface area contributed by atoms with Crippen molar-refractivity contribution in [3.63, 3.8) is 0 Å². The minimum absolute atomic E-state index is 0.680. The van der Waals surface area contributed by atoms with E-state index in [1.54, 1.807) is 0 Å². The van der Waals surface area contributed by atoms with Gasteiger partial charge in [-0.05, 0) is 26.0 Å². The molecule has 2 rings (SSSR count). The van der Waals surface area contributed by atoms with E-state index in [0.29, 0.717) is 6.54 Å². The zero-order valence-corrected chi connectivity index (χ0v) is 9.43. The Balaban J connectivity index is 2.18. The van der Waals surface area contributed by atoms with Crippen LogP contribution in [0.2, 0.25) is 0 Å². The van der Waals surface area contributed by atoms with Crippen LogP contribution in [0.15, 0.2) is 30.5 Å². The molecular formula is C12H16N4. The van der Waals surface area contributed by atoms with Crippen LogP contribution in [-0.4, -0.2) is 21.5 Å². The molecule has 4 nitrogen and oxygen atoms in total. The maximum atomic E-state index is 5.45. The molecule has 0 saturated heterocycles. The number of hydrogen-bond donors (Lipinski definition) is 1. The van der Waals surface area contributed by atoms with Gasteiger partial charge in [0.1, 0.15) is 5.69 Å². The average molecular weight is 216 g/mol. The van der Waals surface area contributed by atoms with Crippen molar-refractivity contribution in [2.24, 2.45) is 5.73 Å². The molecule has 1 heterocycles. The predicted molar refractivity (Wildman–Crippen MR) is 63.9 cm³/mol. The molecule has 0 atom stereocenters. The molecule has 0 amide bonds. The number of aromatic nitrogens is 3. The van der Waals surface area contributed by atoms with Crippen molar-refractivity contribution in [3.05, 3.63) is 36.0 Å². The first-order chi connectivity index (χ1) is 7.79. The van der Waals surface area contributed by atoms with Gasteiger partial charge in [0, 0.05) is 12.1 Å². The first-order valence-electron chi connectivity index (χ1n) is 5.47. The number of nitrogens with zero attached hydrogens (tertiary/aromatic N) is 3. The maximum absolute atomic E-state index is 5.45. The Kier molecular flexibility index (Phi) is 3.31. The highest BCUT2D eigenvalue weighted by atomic mass is 15.4. The third-order valence-corrected chi connectivity index (χ3v) is 2.44. The van der Waals surface area contributed by atoms with Gasteiger partial charge in [0.15, 0.2) is 0 Å². The SMILES string of the molecule is Cc1cccc(-c2cn(CCCN)nn2)c1. The Morgan fingerprint density at radius 2 is 2.25 bits per heavy atom. The van der Waals surface area contributed by atoms with Gasteiger partial charge in [0.2, 0.25) is 0 Å². The lowest BCUT2D eigenvalue weighted by Gasteiger charge is -1.97. The van der Waals surface area contributed by atoms with Crippen LogP contribution in [0.25, 0.3) is 11.3 Å². The lowest BCUT2D eigenvalue weighted by molar-refractivity contribution is 0.564. The van der Waals surface area contributed by atoms with Crippen LogP contribution in [0.5, 0.6) is 0 Å². The van der Waals surface area contributed by atoms with Gasteiger partial charge >= 0.3 is 0 Å². The third kappa shape index (κ3) is 2.46. The second kappa shape index (κ2) is 4.90. The quantitative estimate of drug-likeness (QED) is 0.844. The Hall–Kier alpha value is -1.68. The molecule has 16 heavy (non-hydrogen) atoms. The molecule has 0 unspecified atom stereocenters. The van der Waals surface area contributed by atoms with Crippen molar-refractivity contribution in [3.8, 4) is 11.3 Å². The van der Waals surface area contributed by atoms with Gasteiger partial charge < -0.3 is 5.73 Å². The van der Waals surface area contributed by atoms with Gasteiger partial charge in [-0.1, -0.05) is 29.0 Å². The molecule has 2 aromatic rings. The summed E-state index contributed by atoms with van der Waals surface area (Å²) >= 11 is 0. The maximum Gasteiger partial charge on any atom is 0.113 e. The van der Waals surface area contributed by atoms with Crippen molar-refractivity contribution in [2.75, 3.05) is 6.54 Å². The molecular weight excluding hydrogens is 200 g/mol. The van der Waals surface area contributed by atoms with Crippen LogP contribution in [0.4, 0.5) is 0 Å². The van der Waals surface area contributed by atoms with E-state index in [1.165, 1.54) is 5.56 Å². The summed E-state index contributed by atoms with van der Waals surface area (Å²) in [5.74, 6) is 0. The molecule has 1 aromatic carbocycles. The summed E-state index contributed by atoms with van der Waals surface area (Å²) in [5.41, 5.74) is 8.71. The molecule has 2 N–H and O–H groups in total. The minimum atomic E-state index is 0.680. The topological polar surface area (TPSA) is 56.7 Å². The molecule has 0 spiro atoms. The van der Waals surface area contributed by atoms with Gasteiger partial charge in [0.05, 0.1) is 6.20 Å². The average Bonchev–Trinajstić information content (AvgIpc) is 2.75. The second-order valence-electron chi connectivity index (χ2n) is 3.88. The molecule has 0 aliphatic rings. The fraction of sp³-hybridized carbons (Fsp3) is 0.333. The smallest absolute Gasteiger partial charge is 0.113 e. The predicted octanol–water partition coefficient (Wildman–Crippen LogP) is 1.60. The number of nitrogens with two attached hydrogens (primary N) is 1. The van der Waals surface area contributed by atoms with Gasteiger partial charge in [-0.3, -0.25) is 4.68 Å². The number of rotatable bonds is 4. The fourth-order valence-corrected chi connectivity index (χ4v) is 1.60. The molecule has 0 fully saturated rings. The summed E-state index contributed by atoms with van der Waals surface area (Å²) in [7, 11) is 0. The first kappa shape index (κ1) is 10.8. The second-order valence-corrected chi connectivity index (χ2v) is 3.88. The van der Waals surface area contributed by atoms with Crippen molar-refractivity contribution >= 4 is 0 Å². The van der Waals surface area contributed by atoms with Crippen LogP contribution in [-0.2, 0) is 6.54 Å². The van der Waals surface area contributed by atoms with Crippen LogP contribution >= 0.6 is 0 Å². The Labute approximate surface area is 95.1 Å². The highest BCUT2D eigenvalue weighted by Gasteiger charge is 2.03. The van der Waals surface area contributed by atoms with E-state index < -0.39 is 0 Å². The monoisotopic (exact) mass is 216 g/mol. The normalized spacial score (nSPS) is 10.6. The van der Waals surface area contributed by atoms with Crippen LogP contribution in [0, 0.1) is 6.92 Å². The third-order valence-electron chi connectivity index (χ3n) is 2.44. The summed E-state index contributed by atoms with van der Waals surface area (Å²) in [6.07, 6.45) is 2.89. The Bertz CT molecular complexity index is 462. The molecule has 1 aromatic heterocycles. The van der Waals surface area contributed by atoms with Crippen molar-refractivity contribution < 1.29 is 0 Å². The van der Waals surface area contributed by atoms with E-state index >= 15 is 0 Å². The molecule has 0 radical (unpaired) electrons. The number of hydrogen-bond acceptors (Lipinski definition) is 3. The summed E-state index contributed by atoms with van der Waals surface area (Å²) in [6, 6.07) is 8.26. The van der Waals surface area contributed by atoms with Crippen LogP contribution in [0.3, 0.4) is 0 Å². The van der Waals surface area contributed by atoms with E-state index in [-0.39, 0.29) is 0 Å². The van der Waals surface area contributed by atoms with E-state index in [0.717, 1.165) is 24.2 Å². The lowest BCUT2D eigenvalue weighted by atomic mass is 10.1. The summed E-state index contributed by atoms with van der Waals surface area (Å²) in [5, 5.41) is 8.22. The van der Waals surface area contributed by atoms with Gasteiger partial charge in [0.25, 0.3) is 0 Å².